The van der Waals surface area contributed by atoms with E-state index in [-0.39, 0.29) is 11.5 Å². The van der Waals surface area contributed by atoms with E-state index >= 15 is 0 Å². The van der Waals surface area contributed by atoms with Crippen molar-refractivity contribution in [2.75, 3.05) is 21.3 Å². The molecule has 25 heavy (non-hydrogen) atoms. The summed E-state index contributed by atoms with van der Waals surface area (Å²) in [5, 5.41) is 7.43. The van der Waals surface area contributed by atoms with Crippen LogP contribution in [0.4, 0.5) is 0 Å². The Morgan fingerprint density at radius 2 is 1.64 bits per heavy atom. The Balaban J connectivity index is 2.13. The number of nitrogens with one attached hydrogen (secondary N) is 1. The number of hydrogen-bond donors (Lipinski definition) is 1. The van der Waals surface area contributed by atoms with E-state index < -0.39 is 0 Å². The van der Waals surface area contributed by atoms with Crippen LogP contribution in [0.2, 0.25) is 0 Å². The maximum Gasteiger partial charge on any atom is 0.243 e. The van der Waals surface area contributed by atoms with Gasteiger partial charge in [0.15, 0.2) is 17.3 Å². The first-order valence-electron chi connectivity index (χ1n) is 8.16. The fourth-order valence-electron chi connectivity index (χ4n) is 2.30. The standard InChI is InChI=1S/C18H27N3O4/c1-11(16-20-17(21-25-16)18(2,3)4)19-10-12-8-14(23-6)15(24-7)9-13(12)22-5/h8-9,11,19H,10H2,1-7H3. The SMILES string of the molecule is COc1cc(OC)c(OC)cc1CNC(C)c1nc(C(C)(C)C)no1. The average Bonchev–Trinajstić information content (AvgIpc) is 3.09. The third-order valence-electron chi connectivity index (χ3n) is 3.87. The highest BCUT2D eigenvalue weighted by Crippen LogP contribution is 2.34. The molecule has 138 valence electrons. The first-order valence-corrected chi connectivity index (χ1v) is 8.16. The highest BCUT2D eigenvalue weighted by atomic mass is 16.5. The smallest absolute Gasteiger partial charge is 0.243 e. The number of nitrogens with zero attached hydrogens (tertiary/aromatic N) is 2. The van der Waals surface area contributed by atoms with Crippen molar-refractivity contribution in [3.05, 3.63) is 29.4 Å². The highest BCUT2D eigenvalue weighted by molar-refractivity contribution is 5.50. The van der Waals surface area contributed by atoms with Gasteiger partial charge < -0.3 is 24.1 Å². The Morgan fingerprint density at radius 1 is 1.04 bits per heavy atom. The minimum atomic E-state index is -0.145. The predicted octanol–water partition coefficient (Wildman–Crippen LogP) is 3.24. The van der Waals surface area contributed by atoms with E-state index in [1.54, 1.807) is 21.3 Å². The Labute approximate surface area is 148 Å². The summed E-state index contributed by atoms with van der Waals surface area (Å²) < 4.78 is 21.5. The Morgan fingerprint density at radius 3 is 2.16 bits per heavy atom. The van der Waals surface area contributed by atoms with Crippen LogP contribution in [0.15, 0.2) is 16.7 Å². The molecule has 1 unspecified atom stereocenters. The molecule has 0 spiro atoms. The van der Waals surface area contributed by atoms with Crippen LogP contribution in [0.25, 0.3) is 0 Å². The van der Waals surface area contributed by atoms with Crippen LogP contribution >= 0.6 is 0 Å². The van der Waals surface area contributed by atoms with Crippen LogP contribution in [0.5, 0.6) is 17.2 Å². The molecule has 0 bridgehead atoms. The molecule has 1 aromatic carbocycles. The van der Waals surface area contributed by atoms with Gasteiger partial charge in [-0.1, -0.05) is 25.9 Å². The predicted molar refractivity (Wildman–Crippen MR) is 94.4 cm³/mol. The highest BCUT2D eigenvalue weighted by Gasteiger charge is 2.23. The second kappa shape index (κ2) is 7.74. The molecular formula is C18H27N3O4. The van der Waals surface area contributed by atoms with E-state index in [0.29, 0.717) is 29.8 Å². The van der Waals surface area contributed by atoms with Gasteiger partial charge in [-0.2, -0.15) is 4.98 Å². The molecule has 0 aliphatic carbocycles. The summed E-state index contributed by atoms with van der Waals surface area (Å²) in [6.45, 7) is 8.68. The minimum Gasteiger partial charge on any atom is -0.496 e. The van der Waals surface area contributed by atoms with Gasteiger partial charge in [-0.25, -0.2) is 0 Å². The lowest BCUT2D eigenvalue weighted by atomic mass is 9.96. The molecule has 0 radical (unpaired) electrons. The third kappa shape index (κ3) is 4.42. The molecule has 0 fully saturated rings. The Bertz CT molecular complexity index is 707. The van der Waals surface area contributed by atoms with Crippen LogP contribution in [0, 0.1) is 0 Å². The maximum atomic E-state index is 5.45. The molecule has 2 rings (SSSR count). The Hall–Kier alpha value is -2.28. The van der Waals surface area contributed by atoms with Crippen molar-refractivity contribution in [3.63, 3.8) is 0 Å². The maximum absolute atomic E-state index is 5.45. The zero-order valence-corrected chi connectivity index (χ0v) is 16.0. The molecule has 2 aromatic rings. The number of methoxy groups -OCH3 is 3. The molecule has 1 heterocycles. The van der Waals surface area contributed by atoms with Gasteiger partial charge in [-0.05, 0) is 13.0 Å². The number of rotatable bonds is 7. The zero-order chi connectivity index (χ0) is 18.6. The molecule has 0 saturated carbocycles. The molecule has 0 amide bonds. The average molecular weight is 349 g/mol. The quantitative estimate of drug-likeness (QED) is 0.822. The van der Waals surface area contributed by atoms with Crippen LogP contribution in [-0.2, 0) is 12.0 Å². The summed E-state index contributed by atoms with van der Waals surface area (Å²) in [6, 6.07) is 3.61. The number of ether oxygens (including phenoxy) is 3. The summed E-state index contributed by atoms with van der Waals surface area (Å²) in [5.74, 6) is 3.26. The summed E-state index contributed by atoms with van der Waals surface area (Å²) in [6.07, 6.45) is 0. The third-order valence-corrected chi connectivity index (χ3v) is 3.87. The van der Waals surface area contributed by atoms with Gasteiger partial charge in [-0.15, -0.1) is 0 Å². The van der Waals surface area contributed by atoms with Crippen molar-refractivity contribution in [2.24, 2.45) is 0 Å². The molecule has 0 aliphatic heterocycles. The van der Waals surface area contributed by atoms with Gasteiger partial charge >= 0.3 is 0 Å². The van der Waals surface area contributed by atoms with Crippen molar-refractivity contribution < 1.29 is 18.7 Å². The molecule has 7 nitrogen and oxygen atoms in total. The van der Waals surface area contributed by atoms with Crippen molar-refractivity contribution in [2.45, 2.75) is 45.7 Å². The molecule has 1 atom stereocenters. The lowest BCUT2D eigenvalue weighted by Gasteiger charge is -2.16. The number of benzene rings is 1. The van der Waals surface area contributed by atoms with Gasteiger partial charge in [-0.3, -0.25) is 0 Å². The van der Waals surface area contributed by atoms with E-state index in [0.717, 1.165) is 11.3 Å². The normalized spacial score (nSPS) is 12.8. The van der Waals surface area contributed by atoms with Crippen molar-refractivity contribution in [3.8, 4) is 17.2 Å². The Kier molecular flexibility index (Phi) is 5.89. The summed E-state index contributed by atoms with van der Waals surface area (Å²) >= 11 is 0. The topological polar surface area (TPSA) is 78.6 Å². The van der Waals surface area contributed by atoms with E-state index in [1.165, 1.54) is 0 Å². The van der Waals surface area contributed by atoms with Gasteiger partial charge in [0.1, 0.15) is 5.75 Å². The fraction of sp³-hybridized carbons (Fsp3) is 0.556. The van der Waals surface area contributed by atoms with E-state index in [4.69, 9.17) is 18.7 Å². The largest absolute Gasteiger partial charge is 0.496 e. The first-order chi connectivity index (χ1) is 11.8. The molecular weight excluding hydrogens is 322 g/mol. The van der Waals surface area contributed by atoms with Gasteiger partial charge in [0.05, 0.1) is 27.4 Å². The number of aromatic nitrogens is 2. The molecule has 7 heteroatoms. The molecule has 1 N–H and O–H groups in total. The zero-order valence-electron chi connectivity index (χ0n) is 16.0. The van der Waals surface area contributed by atoms with Crippen molar-refractivity contribution >= 4 is 0 Å². The summed E-state index contributed by atoms with van der Waals surface area (Å²) in [7, 11) is 4.83. The van der Waals surface area contributed by atoms with Gasteiger partial charge in [0.25, 0.3) is 0 Å². The second-order valence-corrected chi connectivity index (χ2v) is 6.83. The van der Waals surface area contributed by atoms with Crippen LogP contribution in [-0.4, -0.2) is 31.5 Å². The van der Waals surface area contributed by atoms with Crippen LogP contribution < -0.4 is 19.5 Å². The lowest BCUT2D eigenvalue weighted by Crippen LogP contribution is -2.19. The van der Waals surface area contributed by atoms with E-state index in [9.17, 15) is 0 Å². The van der Waals surface area contributed by atoms with Crippen LogP contribution in [0.1, 0.15) is 51.0 Å². The summed E-state index contributed by atoms with van der Waals surface area (Å²) in [5.41, 5.74) is 0.802. The van der Waals surface area contributed by atoms with Gasteiger partial charge in [0.2, 0.25) is 5.89 Å². The van der Waals surface area contributed by atoms with E-state index in [2.05, 4.69) is 15.5 Å². The first kappa shape index (κ1) is 19.1. The molecule has 0 saturated heterocycles. The monoisotopic (exact) mass is 349 g/mol. The van der Waals surface area contributed by atoms with Crippen molar-refractivity contribution in [1.82, 2.24) is 15.5 Å². The minimum absolute atomic E-state index is 0.0959. The molecule has 0 aliphatic rings. The van der Waals surface area contributed by atoms with Gasteiger partial charge in [0, 0.05) is 23.6 Å². The molecule has 1 aromatic heterocycles. The number of hydrogen-bond acceptors (Lipinski definition) is 7. The second-order valence-electron chi connectivity index (χ2n) is 6.83. The lowest BCUT2D eigenvalue weighted by molar-refractivity contribution is 0.328. The fourth-order valence-corrected chi connectivity index (χ4v) is 2.30. The summed E-state index contributed by atoms with van der Waals surface area (Å²) in [4.78, 5) is 4.48. The van der Waals surface area contributed by atoms with E-state index in [1.807, 2.05) is 39.8 Å². The van der Waals surface area contributed by atoms with Crippen LogP contribution in [0.3, 0.4) is 0 Å². The van der Waals surface area contributed by atoms with Crippen molar-refractivity contribution in [1.29, 1.82) is 0 Å².